The molecule has 1 amide bonds. The molecule has 0 unspecified atom stereocenters. The first-order valence-corrected chi connectivity index (χ1v) is 6.57. The van der Waals surface area contributed by atoms with E-state index in [9.17, 15) is 9.90 Å². The summed E-state index contributed by atoms with van der Waals surface area (Å²) in [6.45, 7) is 4.05. The lowest BCUT2D eigenvalue weighted by Crippen LogP contribution is -2.36. The molecule has 0 radical (unpaired) electrons. The summed E-state index contributed by atoms with van der Waals surface area (Å²) in [5.41, 5.74) is -0.0386. The number of carbonyl (C=O) groups excluding carboxylic acids is 1. The second-order valence-electron chi connectivity index (χ2n) is 5.41. The summed E-state index contributed by atoms with van der Waals surface area (Å²) in [6, 6.07) is 3.17. The average Bonchev–Trinajstić information content (AvgIpc) is 2.51. The van der Waals surface area contributed by atoms with Gasteiger partial charge in [0, 0.05) is 30.7 Å². The van der Waals surface area contributed by atoms with Crippen molar-refractivity contribution in [1.29, 1.82) is 0 Å². The van der Waals surface area contributed by atoms with E-state index in [4.69, 9.17) is 14.2 Å². The third-order valence-electron chi connectivity index (χ3n) is 3.11. The lowest BCUT2D eigenvalue weighted by molar-refractivity contribution is 0.0907. The minimum Gasteiger partial charge on any atom is -0.496 e. The molecule has 6 nitrogen and oxygen atoms in total. The van der Waals surface area contributed by atoms with Crippen LogP contribution in [0.1, 0.15) is 24.2 Å². The average molecular weight is 297 g/mol. The number of nitrogens with one attached hydrogen (secondary N) is 1. The van der Waals surface area contributed by atoms with Gasteiger partial charge in [-0.05, 0) is 0 Å². The summed E-state index contributed by atoms with van der Waals surface area (Å²) in [4.78, 5) is 12.3. The summed E-state index contributed by atoms with van der Waals surface area (Å²) in [6.07, 6.45) is 0. The van der Waals surface area contributed by atoms with Gasteiger partial charge in [0.2, 0.25) is 0 Å². The van der Waals surface area contributed by atoms with E-state index in [1.165, 1.54) is 21.3 Å². The van der Waals surface area contributed by atoms with Crippen LogP contribution in [0.3, 0.4) is 0 Å². The monoisotopic (exact) mass is 297 g/mol. The van der Waals surface area contributed by atoms with Gasteiger partial charge in [0.1, 0.15) is 5.75 Å². The Bertz CT molecular complexity index is 499. The van der Waals surface area contributed by atoms with Gasteiger partial charge in [0.15, 0.2) is 11.5 Å². The van der Waals surface area contributed by atoms with Crippen LogP contribution in [0.25, 0.3) is 0 Å². The van der Waals surface area contributed by atoms with Gasteiger partial charge < -0.3 is 24.6 Å². The minimum absolute atomic E-state index is 0.0175. The second-order valence-corrected chi connectivity index (χ2v) is 5.41. The maximum absolute atomic E-state index is 12.3. The summed E-state index contributed by atoms with van der Waals surface area (Å²) < 4.78 is 15.6. The van der Waals surface area contributed by atoms with E-state index in [1.54, 1.807) is 12.1 Å². The topological polar surface area (TPSA) is 77.0 Å². The van der Waals surface area contributed by atoms with Crippen molar-refractivity contribution in [3.05, 3.63) is 17.7 Å². The highest BCUT2D eigenvalue weighted by atomic mass is 16.5. The Labute approximate surface area is 125 Å². The van der Waals surface area contributed by atoms with Gasteiger partial charge in [-0.1, -0.05) is 13.8 Å². The number of hydrogen-bond acceptors (Lipinski definition) is 5. The van der Waals surface area contributed by atoms with Crippen LogP contribution in [0.5, 0.6) is 17.2 Å². The molecule has 0 aromatic heterocycles. The van der Waals surface area contributed by atoms with E-state index in [1.807, 2.05) is 13.8 Å². The van der Waals surface area contributed by atoms with Crippen molar-refractivity contribution in [2.75, 3.05) is 34.5 Å². The number of benzene rings is 1. The number of hydrogen-bond donors (Lipinski definition) is 2. The lowest BCUT2D eigenvalue weighted by atomic mass is 9.95. The second kappa shape index (κ2) is 7.17. The first-order valence-electron chi connectivity index (χ1n) is 6.57. The van der Waals surface area contributed by atoms with Crippen LogP contribution in [0.15, 0.2) is 12.1 Å². The predicted molar refractivity (Wildman–Crippen MR) is 79.3 cm³/mol. The number of carbonyl (C=O) groups is 1. The van der Waals surface area contributed by atoms with Crippen LogP contribution < -0.4 is 19.5 Å². The van der Waals surface area contributed by atoms with Gasteiger partial charge in [-0.15, -0.1) is 0 Å². The molecule has 0 bridgehead atoms. The molecule has 1 aromatic carbocycles. The molecule has 0 heterocycles. The molecule has 0 spiro atoms. The Morgan fingerprint density at radius 3 is 2.10 bits per heavy atom. The first kappa shape index (κ1) is 17.1. The number of aliphatic hydroxyl groups is 1. The van der Waals surface area contributed by atoms with Crippen LogP contribution >= 0.6 is 0 Å². The van der Waals surface area contributed by atoms with Gasteiger partial charge in [0.05, 0.1) is 26.9 Å². The fraction of sp³-hybridized carbons (Fsp3) is 0.533. The normalized spacial score (nSPS) is 11.0. The quantitative estimate of drug-likeness (QED) is 0.797. The summed E-state index contributed by atoms with van der Waals surface area (Å²) in [7, 11) is 4.50. The number of methoxy groups -OCH3 is 3. The van der Waals surface area contributed by atoms with Gasteiger partial charge in [-0.25, -0.2) is 0 Å². The third kappa shape index (κ3) is 4.26. The number of ether oxygens (including phenoxy) is 3. The van der Waals surface area contributed by atoms with Crippen molar-refractivity contribution < 1.29 is 24.1 Å². The highest BCUT2D eigenvalue weighted by Crippen LogP contribution is 2.34. The molecule has 118 valence electrons. The maximum atomic E-state index is 12.3. The molecule has 0 atom stereocenters. The molecule has 6 heteroatoms. The zero-order valence-electron chi connectivity index (χ0n) is 13.1. The smallest absolute Gasteiger partial charge is 0.255 e. The highest BCUT2D eigenvalue weighted by Gasteiger charge is 2.21. The van der Waals surface area contributed by atoms with Crippen molar-refractivity contribution in [1.82, 2.24) is 5.32 Å². The minimum atomic E-state index is -0.389. The Balaban J connectivity index is 3.02. The van der Waals surface area contributed by atoms with Crippen LogP contribution in [0.4, 0.5) is 0 Å². The zero-order chi connectivity index (χ0) is 16.0. The maximum Gasteiger partial charge on any atom is 0.255 e. The molecule has 0 saturated carbocycles. The Morgan fingerprint density at radius 1 is 1.10 bits per heavy atom. The molecule has 0 aliphatic heterocycles. The Morgan fingerprint density at radius 2 is 1.62 bits per heavy atom. The molecule has 0 saturated heterocycles. The van der Waals surface area contributed by atoms with Crippen molar-refractivity contribution in [3.8, 4) is 17.2 Å². The molecule has 2 N–H and O–H groups in total. The summed E-state index contributed by atoms with van der Waals surface area (Å²) in [5.74, 6) is 1.03. The van der Waals surface area contributed by atoms with Crippen molar-refractivity contribution >= 4 is 5.91 Å². The predicted octanol–water partition coefficient (Wildman–Crippen LogP) is 1.46. The van der Waals surface area contributed by atoms with Crippen molar-refractivity contribution in [2.24, 2.45) is 5.41 Å². The molecule has 0 aliphatic carbocycles. The van der Waals surface area contributed by atoms with Gasteiger partial charge >= 0.3 is 0 Å². The van der Waals surface area contributed by atoms with Crippen molar-refractivity contribution in [3.63, 3.8) is 0 Å². The SMILES string of the molecule is COc1cc(OC)c(C(=O)NCC(C)(C)CO)cc1OC. The largest absolute Gasteiger partial charge is 0.496 e. The molecule has 1 aromatic rings. The van der Waals surface area contributed by atoms with Gasteiger partial charge in [-0.2, -0.15) is 0 Å². The lowest BCUT2D eigenvalue weighted by Gasteiger charge is -2.22. The number of amides is 1. The third-order valence-corrected chi connectivity index (χ3v) is 3.11. The molecule has 1 rings (SSSR count). The van der Waals surface area contributed by atoms with E-state index < -0.39 is 0 Å². The van der Waals surface area contributed by atoms with E-state index in [0.717, 1.165) is 0 Å². The standard InChI is InChI=1S/C15H23NO5/c1-15(2,9-17)8-16-14(18)10-6-12(20-4)13(21-5)7-11(10)19-3/h6-7,17H,8-9H2,1-5H3,(H,16,18). The van der Waals surface area contributed by atoms with Gasteiger partial charge in [-0.3, -0.25) is 4.79 Å². The summed E-state index contributed by atoms with van der Waals surface area (Å²) in [5, 5.41) is 12.0. The van der Waals surface area contributed by atoms with E-state index >= 15 is 0 Å². The van der Waals surface area contributed by atoms with E-state index in [0.29, 0.717) is 29.4 Å². The molecular formula is C15H23NO5. The van der Waals surface area contributed by atoms with Crippen LogP contribution in [0.2, 0.25) is 0 Å². The van der Waals surface area contributed by atoms with Crippen LogP contribution in [0, 0.1) is 5.41 Å². The Kier molecular flexibility index (Phi) is 5.84. The first-order chi connectivity index (χ1) is 9.88. The molecule has 0 fully saturated rings. The number of aliphatic hydroxyl groups excluding tert-OH is 1. The molecule has 21 heavy (non-hydrogen) atoms. The van der Waals surface area contributed by atoms with E-state index in [2.05, 4.69) is 5.32 Å². The molecule has 0 aliphatic rings. The Hall–Kier alpha value is -1.95. The van der Waals surface area contributed by atoms with Gasteiger partial charge in [0.25, 0.3) is 5.91 Å². The molecular weight excluding hydrogens is 274 g/mol. The van der Waals surface area contributed by atoms with Crippen LogP contribution in [-0.2, 0) is 0 Å². The van der Waals surface area contributed by atoms with E-state index in [-0.39, 0.29) is 17.9 Å². The fourth-order valence-corrected chi connectivity index (χ4v) is 1.68. The summed E-state index contributed by atoms with van der Waals surface area (Å²) >= 11 is 0. The fourth-order valence-electron chi connectivity index (χ4n) is 1.68. The van der Waals surface area contributed by atoms with Crippen LogP contribution in [-0.4, -0.2) is 45.5 Å². The highest BCUT2D eigenvalue weighted by molar-refractivity contribution is 5.97. The number of rotatable bonds is 7. The zero-order valence-corrected chi connectivity index (χ0v) is 13.1. The van der Waals surface area contributed by atoms with Crippen molar-refractivity contribution in [2.45, 2.75) is 13.8 Å².